The highest BCUT2D eigenvalue weighted by molar-refractivity contribution is 6.40. The van der Waals surface area contributed by atoms with Gasteiger partial charge in [-0.2, -0.15) is 5.26 Å². The number of nitrogens with zero attached hydrogens (tertiary/aromatic N) is 2. The third-order valence-electron chi connectivity index (χ3n) is 7.11. The zero-order valence-corrected chi connectivity index (χ0v) is 20.7. The summed E-state index contributed by atoms with van der Waals surface area (Å²) in [6.45, 7) is -0.0458. The van der Waals surface area contributed by atoms with Crippen LogP contribution in [-0.4, -0.2) is 47.2 Å². The fourth-order valence-corrected chi connectivity index (χ4v) is 5.18. The van der Waals surface area contributed by atoms with Crippen LogP contribution < -0.4 is 16.0 Å². The van der Waals surface area contributed by atoms with Gasteiger partial charge in [0.25, 0.3) is 0 Å². The van der Waals surface area contributed by atoms with Gasteiger partial charge in [-0.05, 0) is 41.5 Å². The molecule has 10 heteroatoms. The lowest BCUT2D eigenvalue weighted by molar-refractivity contribution is -0.140. The minimum absolute atomic E-state index is 0.0458. The van der Waals surface area contributed by atoms with E-state index in [9.17, 15) is 28.8 Å². The van der Waals surface area contributed by atoms with Crippen molar-refractivity contribution < 1.29 is 23.6 Å². The van der Waals surface area contributed by atoms with Gasteiger partial charge >= 0.3 is 11.8 Å². The van der Waals surface area contributed by atoms with Crippen LogP contribution in [-0.2, 0) is 31.0 Å². The van der Waals surface area contributed by atoms with Crippen LogP contribution in [0.5, 0.6) is 0 Å². The van der Waals surface area contributed by atoms with E-state index in [0.717, 1.165) is 17.7 Å². The molecule has 0 unspecified atom stereocenters. The minimum atomic E-state index is -1.19. The molecule has 9 nitrogen and oxygen atoms in total. The number of hydrogen-bond donors (Lipinski definition) is 3. The standard InChI is InChI=1S/C29H24FN5O4/c30-19-10-12-20(13-11-19)32-25(36)26(37)33-24(14-18-6-2-1-3-7-18)27(38)35-17-29(15-21(35)16-31)22-8-4-5-9-23(22)34-28(29)39/h1-13,21,24H,14-15,17H2,(H,32,36)(H,33,37)(H,34,39)/t21-,24-,29-/m0/s1. The van der Waals surface area contributed by atoms with Crippen molar-refractivity contribution in [1.29, 1.82) is 5.26 Å². The van der Waals surface area contributed by atoms with Crippen LogP contribution in [0.2, 0.25) is 0 Å². The van der Waals surface area contributed by atoms with E-state index in [2.05, 4.69) is 22.0 Å². The van der Waals surface area contributed by atoms with Crippen molar-refractivity contribution in [3.05, 3.63) is 95.8 Å². The highest BCUT2D eigenvalue weighted by Crippen LogP contribution is 2.46. The van der Waals surface area contributed by atoms with Gasteiger partial charge in [-0.25, -0.2) is 4.39 Å². The lowest BCUT2D eigenvalue weighted by Crippen LogP contribution is -2.53. The molecular formula is C29H24FN5O4. The van der Waals surface area contributed by atoms with Crippen molar-refractivity contribution in [3.8, 4) is 6.07 Å². The molecule has 3 aromatic carbocycles. The lowest BCUT2D eigenvalue weighted by atomic mass is 9.80. The fraction of sp³-hybridized carbons (Fsp3) is 0.207. The minimum Gasteiger partial charge on any atom is -0.336 e. The van der Waals surface area contributed by atoms with E-state index in [1.165, 1.54) is 17.0 Å². The second-order valence-electron chi connectivity index (χ2n) is 9.57. The van der Waals surface area contributed by atoms with Crippen molar-refractivity contribution in [2.24, 2.45) is 0 Å². The highest BCUT2D eigenvalue weighted by atomic mass is 19.1. The molecule has 0 radical (unpaired) electrons. The molecule has 0 saturated carbocycles. The van der Waals surface area contributed by atoms with E-state index >= 15 is 0 Å². The third-order valence-corrected chi connectivity index (χ3v) is 7.11. The van der Waals surface area contributed by atoms with Crippen LogP contribution in [0.25, 0.3) is 0 Å². The molecule has 3 atom stereocenters. The van der Waals surface area contributed by atoms with Crippen molar-refractivity contribution >= 4 is 35.0 Å². The summed E-state index contributed by atoms with van der Waals surface area (Å²) in [5, 5.41) is 17.7. The number of fused-ring (bicyclic) bond motifs is 2. The van der Waals surface area contributed by atoms with E-state index in [4.69, 9.17) is 0 Å². The number of amides is 4. The number of hydrogen-bond acceptors (Lipinski definition) is 5. The second kappa shape index (κ2) is 10.4. The van der Waals surface area contributed by atoms with E-state index in [1.54, 1.807) is 54.6 Å². The van der Waals surface area contributed by atoms with E-state index in [1.807, 2.05) is 0 Å². The third kappa shape index (κ3) is 4.94. The molecular weight excluding hydrogens is 501 g/mol. The summed E-state index contributed by atoms with van der Waals surface area (Å²) < 4.78 is 13.2. The first-order chi connectivity index (χ1) is 18.8. The summed E-state index contributed by atoms with van der Waals surface area (Å²) >= 11 is 0. The zero-order chi connectivity index (χ0) is 27.6. The molecule has 3 N–H and O–H groups in total. The predicted octanol–water partition coefficient (Wildman–Crippen LogP) is 2.51. The van der Waals surface area contributed by atoms with Crippen LogP contribution >= 0.6 is 0 Å². The number of rotatable bonds is 5. The van der Waals surface area contributed by atoms with Gasteiger partial charge in [-0.15, -0.1) is 0 Å². The number of halogens is 1. The molecule has 1 fully saturated rings. The van der Waals surface area contributed by atoms with Crippen molar-refractivity contribution in [3.63, 3.8) is 0 Å². The van der Waals surface area contributed by atoms with Crippen LogP contribution in [0.15, 0.2) is 78.9 Å². The molecule has 4 amide bonds. The van der Waals surface area contributed by atoms with Crippen LogP contribution in [0.4, 0.5) is 15.8 Å². The van der Waals surface area contributed by atoms with E-state index < -0.39 is 41.0 Å². The first-order valence-corrected chi connectivity index (χ1v) is 12.3. The second-order valence-corrected chi connectivity index (χ2v) is 9.57. The maximum absolute atomic E-state index is 13.9. The van der Waals surface area contributed by atoms with Gasteiger partial charge in [-0.1, -0.05) is 48.5 Å². The summed E-state index contributed by atoms with van der Waals surface area (Å²) in [6.07, 6.45) is 0.162. The summed E-state index contributed by atoms with van der Waals surface area (Å²) in [5.41, 5.74) is 1.20. The molecule has 3 aromatic rings. The largest absolute Gasteiger partial charge is 0.336 e. The topological polar surface area (TPSA) is 131 Å². The highest BCUT2D eigenvalue weighted by Gasteiger charge is 2.56. The monoisotopic (exact) mass is 525 g/mol. The number of nitrogens with one attached hydrogen (secondary N) is 3. The summed E-state index contributed by atoms with van der Waals surface area (Å²) in [6, 6.07) is 21.0. The van der Waals surface area contributed by atoms with Crippen LogP contribution in [0.3, 0.4) is 0 Å². The molecule has 39 heavy (non-hydrogen) atoms. The van der Waals surface area contributed by atoms with Crippen molar-refractivity contribution in [1.82, 2.24) is 10.2 Å². The number of benzene rings is 3. The van der Waals surface area contributed by atoms with Crippen molar-refractivity contribution in [2.45, 2.75) is 30.3 Å². The Kier molecular flexibility index (Phi) is 6.81. The van der Waals surface area contributed by atoms with E-state index in [-0.39, 0.29) is 31.0 Å². The first kappa shape index (κ1) is 25.6. The zero-order valence-electron chi connectivity index (χ0n) is 20.7. The Morgan fingerprint density at radius 3 is 2.44 bits per heavy atom. The number of anilines is 2. The molecule has 1 saturated heterocycles. The number of nitriles is 1. The smallest absolute Gasteiger partial charge is 0.313 e. The van der Waals surface area contributed by atoms with E-state index in [0.29, 0.717) is 11.3 Å². The Bertz CT molecular complexity index is 1490. The summed E-state index contributed by atoms with van der Waals surface area (Å²) in [4.78, 5) is 53.7. The maximum atomic E-state index is 13.9. The number of para-hydroxylation sites is 1. The maximum Gasteiger partial charge on any atom is 0.313 e. The quantitative estimate of drug-likeness (QED) is 0.441. The van der Waals surface area contributed by atoms with Gasteiger partial charge in [0.2, 0.25) is 11.8 Å². The van der Waals surface area contributed by atoms with Gasteiger partial charge in [-0.3, -0.25) is 19.2 Å². The molecule has 0 bridgehead atoms. The van der Waals surface area contributed by atoms with Gasteiger partial charge in [0.05, 0.1) is 11.5 Å². The van der Waals surface area contributed by atoms with Crippen molar-refractivity contribution in [2.75, 3.05) is 17.2 Å². The predicted molar refractivity (Wildman–Crippen MR) is 140 cm³/mol. The molecule has 0 aliphatic carbocycles. The average molecular weight is 526 g/mol. The number of likely N-dealkylation sites (tertiary alicyclic amines) is 1. The van der Waals surface area contributed by atoms with Gasteiger partial charge in [0.1, 0.15) is 17.9 Å². The SMILES string of the molecule is N#C[C@@H]1C[C@@]2(CN1C(=O)[C@H](Cc1ccccc1)NC(=O)C(=O)Nc1ccc(F)cc1)C(=O)Nc1ccccc12. The summed E-state index contributed by atoms with van der Waals surface area (Å²) in [5.74, 6) is -3.48. The lowest BCUT2D eigenvalue weighted by Gasteiger charge is -2.27. The van der Waals surface area contributed by atoms with Gasteiger partial charge in [0.15, 0.2) is 0 Å². The molecule has 2 aliphatic rings. The normalized spacial score (nSPS) is 20.1. The first-order valence-electron chi connectivity index (χ1n) is 12.3. The van der Waals surface area contributed by atoms with Crippen LogP contribution in [0.1, 0.15) is 17.5 Å². The molecule has 5 rings (SSSR count). The molecule has 196 valence electrons. The molecule has 2 heterocycles. The Morgan fingerprint density at radius 1 is 1.03 bits per heavy atom. The van der Waals surface area contributed by atoms with Crippen LogP contribution in [0, 0.1) is 17.1 Å². The molecule has 2 aliphatic heterocycles. The number of carbonyl (C=O) groups excluding carboxylic acids is 4. The Balaban J connectivity index is 1.39. The summed E-state index contributed by atoms with van der Waals surface area (Å²) in [7, 11) is 0. The average Bonchev–Trinajstić information content (AvgIpc) is 3.47. The number of carbonyl (C=O) groups is 4. The fourth-order valence-electron chi connectivity index (χ4n) is 5.18. The Hall–Kier alpha value is -5.04. The van der Waals surface area contributed by atoms with Gasteiger partial charge < -0.3 is 20.9 Å². The molecule has 1 spiro atoms. The van der Waals surface area contributed by atoms with Gasteiger partial charge in [0, 0.05) is 30.8 Å². The Labute approximate surface area is 223 Å². The molecule has 0 aromatic heterocycles. The Morgan fingerprint density at radius 2 is 1.72 bits per heavy atom.